The standard InChI is InChI=1S/C17H19ClN2O2/c1-22-12-4-11-20-17(21)16(15-5-2-3-10-19-15)13-6-8-14(18)9-7-13/h2-3,5-10,16H,4,11-12H2,1H3,(H,20,21). The predicted molar refractivity (Wildman–Crippen MR) is 87.0 cm³/mol. The summed E-state index contributed by atoms with van der Waals surface area (Å²) in [6, 6.07) is 12.8. The van der Waals surface area contributed by atoms with Crippen LogP contribution in [-0.4, -0.2) is 31.2 Å². The number of carbonyl (C=O) groups is 1. The number of ether oxygens (including phenoxy) is 1. The molecule has 0 fully saturated rings. The third kappa shape index (κ3) is 4.55. The second-order valence-electron chi connectivity index (χ2n) is 4.88. The highest BCUT2D eigenvalue weighted by Crippen LogP contribution is 2.24. The first-order valence-electron chi connectivity index (χ1n) is 7.15. The van der Waals surface area contributed by atoms with Crippen molar-refractivity contribution in [2.24, 2.45) is 0 Å². The summed E-state index contributed by atoms with van der Waals surface area (Å²) < 4.78 is 4.99. The lowest BCUT2D eigenvalue weighted by atomic mass is 9.94. The fourth-order valence-corrected chi connectivity index (χ4v) is 2.31. The molecule has 0 bridgehead atoms. The van der Waals surface area contributed by atoms with Crippen molar-refractivity contribution in [2.45, 2.75) is 12.3 Å². The summed E-state index contributed by atoms with van der Waals surface area (Å²) >= 11 is 5.93. The van der Waals surface area contributed by atoms with Gasteiger partial charge >= 0.3 is 0 Å². The molecule has 0 saturated heterocycles. The summed E-state index contributed by atoms with van der Waals surface area (Å²) in [5.74, 6) is -0.516. The molecule has 0 spiro atoms. The molecule has 1 heterocycles. The van der Waals surface area contributed by atoms with Crippen molar-refractivity contribution in [3.63, 3.8) is 0 Å². The zero-order chi connectivity index (χ0) is 15.8. The number of halogens is 1. The molecule has 0 aliphatic rings. The fraction of sp³-hybridized carbons (Fsp3) is 0.294. The molecule has 4 nitrogen and oxygen atoms in total. The van der Waals surface area contributed by atoms with Gasteiger partial charge in [0.05, 0.1) is 5.69 Å². The molecule has 0 aliphatic heterocycles. The van der Waals surface area contributed by atoms with Crippen LogP contribution < -0.4 is 5.32 Å². The van der Waals surface area contributed by atoms with E-state index in [1.54, 1.807) is 25.4 Å². The Morgan fingerprint density at radius 1 is 1.27 bits per heavy atom. The molecule has 0 aliphatic carbocycles. The van der Waals surface area contributed by atoms with Crippen LogP contribution in [0.25, 0.3) is 0 Å². The number of nitrogens with one attached hydrogen (secondary N) is 1. The van der Waals surface area contributed by atoms with Crippen LogP contribution in [0.1, 0.15) is 23.6 Å². The third-order valence-electron chi connectivity index (χ3n) is 3.27. The number of hydrogen-bond donors (Lipinski definition) is 1. The molecule has 1 unspecified atom stereocenters. The number of pyridine rings is 1. The molecule has 2 rings (SSSR count). The van der Waals surface area contributed by atoms with Crippen molar-refractivity contribution < 1.29 is 9.53 Å². The Hall–Kier alpha value is -1.91. The van der Waals surface area contributed by atoms with Crippen LogP contribution in [0.5, 0.6) is 0 Å². The van der Waals surface area contributed by atoms with Crippen LogP contribution in [0.4, 0.5) is 0 Å². The highest BCUT2D eigenvalue weighted by molar-refractivity contribution is 6.30. The summed E-state index contributed by atoms with van der Waals surface area (Å²) in [5.41, 5.74) is 1.58. The number of carbonyl (C=O) groups excluding carboxylic acids is 1. The molecule has 5 heteroatoms. The molecule has 1 N–H and O–H groups in total. The number of hydrogen-bond acceptors (Lipinski definition) is 3. The number of nitrogens with zero attached hydrogens (tertiary/aromatic N) is 1. The minimum Gasteiger partial charge on any atom is -0.385 e. The Morgan fingerprint density at radius 3 is 2.68 bits per heavy atom. The molecule has 1 amide bonds. The second kappa shape index (κ2) is 8.51. The quantitative estimate of drug-likeness (QED) is 0.798. The van der Waals surface area contributed by atoms with Gasteiger partial charge in [0.15, 0.2) is 0 Å². The zero-order valence-corrected chi connectivity index (χ0v) is 13.2. The SMILES string of the molecule is COCCCNC(=O)C(c1ccc(Cl)cc1)c1ccccn1. The van der Waals surface area contributed by atoms with Gasteiger partial charge in [-0.15, -0.1) is 0 Å². The Bertz CT molecular complexity index is 587. The summed E-state index contributed by atoms with van der Waals surface area (Å²) in [4.78, 5) is 16.9. The van der Waals surface area contributed by atoms with Crippen LogP contribution in [-0.2, 0) is 9.53 Å². The Balaban J connectivity index is 2.18. The maximum absolute atomic E-state index is 12.6. The van der Waals surface area contributed by atoms with Crippen LogP contribution in [0.2, 0.25) is 5.02 Å². The van der Waals surface area contributed by atoms with E-state index >= 15 is 0 Å². The average Bonchev–Trinajstić information content (AvgIpc) is 2.55. The predicted octanol–water partition coefficient (Wildman–Crippen LogP) is 3.02. The molecule has 22 heavy (non-hydrogen) atoms. The van der Waals surface area contributed by atoms with E-state index in [1.165, 1.54) is 0 Å². The van der Waals surface area contributed by atoms with Gasteiger partial charge in [-0.25, -0.2) is 0 Å². The van der Waals surface area contributed by atoms with Crippen molar-refractivity contribution in [3.05, 3.63) is 64.9 Å². The molecule has 2 aromatic rings. The highest BCUT2D eigenvalue weighted by atomic mass is 35.5. The second-order valence-corrected chi connectivity index (χ2v) is 5.31. The number of rotatable bonds is 7. The Morgan fingerprint density at radius 2 is 2.05 bits per heavy atom. The minimum absolute atomic E-state index is 0.0721. The van der Waals surface area contributed by atoms with Crippen LogP contribution in [0, 0.1) is 0 Å². The molecule has 1 aromatic heterocycles. The van der Waals surface area contributed by atoms with Crippen LogP contribution >= 0.6 is 11.6 Å². The van der Waals surface area contributed by atoms with Gasteiger partial charge in [0.2, 0.25) is 5.91 Å². The molecular formula is C17H19ClN2O2. The first-order valence-corrected chi connectivity index (χ1v) is 7.53. The van der Waals surface area contributed by atoms with E-state index in [0.717, 1.165) is 12.0 Å². The van der Waals surface area contributed by atoms with Gasteiger partial charge in [0, 0.05) is 31.5 Å². The molecular weight excluding hydrogens is 300 g/mol. The van der Waals surface area contributed by atoms with Gasteiger partial charge in [-0.05, 0) is 36.2 Å². The summed E-state index contributed by atoms with van der Waals surface area (Å²) in [6.07, 6.45) is 2.47. The van der Waals surface area contributed by atoms with Crippen molar-refractivity contribution in [3.8, 4) is 0 Å². The van der Waals surface area contributed by atoms with Gasteiger partial charge < -0.3 is 10.1 Å². The number of benzene rings is 1. The molecule has 116 valence electrons. The first-order chi connectivity index (χ1) is 10.7. The lowest BCUT2D eigenvalue weighted by Crippen LogP contribution is -2.31. The van der Waals surface area contributed by atoms with Gasteiger partial charge in [-0.1, -0.05) is 29.8 Å². The van der Waals surface area contributed by atoms with Crippen LogP contribution in [0.15, 0.2) is 48.7 Å². The smallest absolute Gasteiger partial charge is 0.233 e. The average molecular weight is 319 g/mol. The van der Waals surface area contributed by atoms with E-state index in [2.05, 4.69) is 10.3 Å². The number of methoxy groups -OCH3 is 1. The maximum Gasteiger partial charge on any atom is 0.233 e. The highest BCUT2D eigenvalue weighted by Gasteiger charge is 2.23. The van der Waals surface area contributed by atoms with E-state index in [4.69, 9.17) is 16.3 Å². The van der Waals surface area contributed by atoms with Gasteiger partial charge in [0.25, 0.3) is 0 Å². The lowest BCUT2D eigenvalue weighted by Gasteiger charge is -2.17. The Labute approximate surface area is 135 Å². The normalized spacial score (nSPS) is 11.9. The van der Waals surface area contributed by atoms with E-state index in [-0.39, 0.29) is 5.91 Å². The Kier molecular flexibility index (Phi) is 6.37. The molecule has 1 atom stereocenters. The number of aromatic nitrogens is 1. The van der Waals surface area contributed by atoms with Crippen LogP contribution in [0.3, 0.4) is 0 Å². The van der Waals surface area contributed by atoms with Gasteiger partial charge in [0.1, 0.15) is 5.92 Å². The van der Waals surface area contributed by atoms with Crippen molar-refractivity contribution in [1.29, 1.82) is 0 Å². The maximum atomic E-state index is 12.6. The minimum atomic E-state index is -0.444. The van der Waals surface area contributed by atoms with E-state index < -0.39 is 5.92 Å². The van der Waals surface area contributed by atoms with Crippen molar-refractivity contribution >= 4 is 17.5 Å². The van der Waals surface area contributed by atoms with E-state index in [9.17, 15) is 4.79 Å². The first kappa shape index (κ1) is 16.5. The topological polar surface area (TPSA) is 51.2 Å². The van der Waals surface area contributed by atoms with E-state index in [1.807, 2.05) is 30.3 Å². The fourth-order valence-electron chi connectivity index (χ4n) is 2.19. The molecule has 0 radical (unpaired) electrons. The monoisotopic (exact) mass is 318 g/mol. The molecule has 1 aromatic carbocycles. The van der Waals surface area contributed by atoms with Gasteiger partial charge in [-0.3, -0.25) is 9.78 Å². The summed E-state index contributed by atoms with van der Waals surface area (Å²) in [5, 5.41) is 3.58. The van der Waals surface area contributed by atoms with Gasteiger partial charge in [-0.2, -0.15) is 0 Å². The molecule has 0 saturated carbocycles. The lowest BCUT2D eigenvalue weighted by molar-refractivity contribution is -0.121. The number of amides is 1. The summed E-state index contributed by atoms with van der Waals surface area (Å²) in [7, 11) is 1.65. The van der Waals surface area contributed by atoms with Crippen molar-refractivity contribution in [2.75, 3.05) is 20.3 Å². The largest absolute Gasteiger partial charge is 0.385 e. The third-order valence-corrected chi connectivity index (χ3v) is 3.53. The van der Waals surface area contributed by atoms with E-state index in [0.29, 0.717) is 23.9 Å². The van der Waals surface area contributed by atoms with Crippen molar-refractivity contribution in [1.82, 2.24) is 10.3 Å². The zero-order valence-electron chi connectivity index (χ0n) is 12.5. The summed E-state index contributed by atoms with van der Waals surface area (Å²) in [6.45, 7) is 1.19.